The molecule has 20 heavy (non-hydrogen) atoms. The zero-order chi connectivity index (χ0) is 15.6. The lowest BCUT2D eigenvalue weighted by molar-refractivity contribution is -0.170. The molecule has 0 aromatic heterocycles. The molecule has 1 aromatic rings. The molecule has 0 bridgehead atoms. The summed E-state index contributed by atoms with van der Waals surface area (Å²) in [4.78, 5) is 23.7. The second-order valence-corrected chi connectivity index (χ2v) is 5.81. The smallest absolute Gasteiger partial charge is 0.339 e. The summed E-state index contributed by atoms with van der Waals surface area (Å²) in [6, 6.07) is 8.81. The first-order chi connectivity index (χ1) is 9.09. The van der Waals surface area contributed by atoms with Crippen LogP contribution in [0.2, 0.25) is 0 Å². The fraction of sp³-hybridized carbons (Fsp3) is 0.467. The lowest BCUT2D eigenvalue weighted by atomic mass is 9.81. The van der Waals surface area contributed by atoms with Crippen molar-refractivity contribution in [3.05, 3.63) is 35.9 Å². The monoisotopic (exact) mass is 279 g/mol. The Morgan fingerprint density at radius 2 is 1.70 bits per heavy atom. The minimum absolute atomic E-state index is 0.670. The number of carbonyl (C=O) groups excluding carboxylic acids is 1. The minimum atomic E-state index is -2.12. The summed E-state index contributed by atoms with van der Waals surface area (Å²) in [6.07, 6.45) is 0. The predicted molar refractivity (Wildman–Crippen MR) is 75.3 cm³/mol. The van der Waals surface area contributed by atoms with Crippen molar-refractivity contribution in [3.8, 4) is 0 Å². The van der Waals surface area contributed by atoms with Crippen LogP contribution < -0.4 is 5.73 Å². The summed E-state index contributed by atoms with van der Waals surface area (Å²) < 4.78 is 5.16. The summed E-state index contributed by atoms with van der Waals surface area (Å²) in [7, 11) is 0. The van der Waals surface area contributed by atoms with Gasteiger partial charge in [-0.05, 0) is 26.3 Å². The normalized spacial score (nSPS) is 16.1. The fourth-order valence-corrected chi connectivity index (χ4v) is 1.82. The molecule has 0 amide bonds. The molecule has 0 aliphatic rings. The molecule has 0 saturated carbocycles. The van der Waals surface area contributed by atoms with E-state index in [9.17, 15) is 14.7 Å². The van der Waals surface area contributed by atoms with Crippen LogP contribution in [-0.4, -0.2) is 28.2 Å². The molecule has 0 aliphatic heterocycles. The Bertz CT molecular complexity index is 492. The maximum Gasteiger partial charge on any atom is 0.339 e. The number of hydrogen-bond donors (Lipinski definition) is 2. The molecule has 0 fully saturated rings. The van der Waals surface area contributed by atoms with Crippen molar-refractivity contribution < 1.29 is 19.4 Å². The fourth-order valence-electron chi connectivity index (χ4n) is 1.82. The molecule has 110 valence electrons. The van der Waals surface area contributed by atoms with Gasteiger partial charge < -0.3 is 15.6 Å². The Balaban J connectivity index is 3.16. The average molecular weight is 279 g/mol. The highest BCUT2D eigenvalue weighted by Crippen LogP contribution is 2.29. The Hall–Kier alpha value is -1.88. The van der Waals surface area contributed by atoms with Crippen LogP contribution in [0, 0.1) is 0 Å². The molecule has 1 aromatic carbocycles. The van der Waals surface area contributed by atoms with Gasteiger partial charge in [0.1, 0.15) is 5.60 Å². The lowest BCUT2D eigenvalue weighted by Crippen LogP contribution is -2.60. The SMILES string of the molecule is C[C@H](c1ccccc1)[C@@](N)(C(=O)O)C(=O)OC(C)(C)C. The third kappa shape index (κ3) is 3.36. The summed E-state index contributed by atoms with van der Waals surface area (Å²) in [5.41, 5.74) is 3.65. The number of nitrogens with two attached hydrogens (primary N) is 1. The van der Waals surface area contributed by atoms with Gasteiger partial charge in [0.15, 0.2) is 0 Å². The number of carboxylic acid groups (broad SMARTS) is 1. The van der Waals surface area contributed by atoms with Crippen molar-refractivity contribution in [1.29, 1.82) is 0 Å². The Morgan fingerprint density at radius 1 is 1.20 bits per heavy atom. The van der Waals surface area contributed by atoms with Crippen molar-refractivity contribution in [3.63, 3.8) is 0 Å². The molecule has 0 aliphatic carbocycles. The number of carboxylic acids is 1. The third-order valence-corrected chi connectivity index (χ3v) is 3.07. The number of aliphatic carboxylic acids is 1. The first kappa shape index (κ1) is 16.2. The first-order valence-electron chi connectivity index (χ1n) is 6.39. The molecule has 2 atom stereocenters. The first-order valence-corrected chi connectivity index (χ1v) is 6.39. The van der Waals surface area contributed by atoms with Crippen LogP contribution in [0.3, 0.4) is 0 Å². The van der Waals surface area contributed by atoms with Crippen LogP contribution in [0.15, 0.2) is 30.3 Å². The van der Waals surface area contributed by atoms with Crippen LogP contribution in [0.1, 0.15) is 39.2 Å². The zero-order valence-corrected chi connectivity index (χ0v) is 12.2. The number of rotatable bonds is 4. The molecule has 3 N–H and O–H groups in total. The van der Waals surface area contributed by atoms with Crippen molar-refractivity contribution >= 4 is 11.9 Å². The van der Waals surface area contributed by atoms with Crippen molar-refractivity contribution in [2.75, 3.05) is 0 Å². The van der Waals surface area contributed by atoms with E-state index < -0.39 is 29.0 Å². The van der Waals surface area contributed by atoms with Crippen LogP contribution in [-0.2, 0) is 14.3 Å². The van der Waals surface area contributed by atoms with Gasteiger partial charge in [-0.3, -0.25) is 0 Å². The van der Waals surface area contributed by atoms with Crippen LogP contribution in [0.4, 0.5) is 0 Å². The van der Waals surface area contributed by atoms with E-state index in [0.29, 0.717) is 5.56 Å². The molecule has 0 saturated heterocycles. The van der Waals surface area contributed by atoms with Gasteiger partial charge in [0.05, 0.1) is 0 Å². The second-order valence-electron chi connectivity index (χ2n) is 5.81. The standard InChI is InChI=1S/C15H21NO4/c1-10(11-8-6-5-7-9-11)15(16,12(17)18)13(19)20-14(2,3)4/h5-10H,16H2,1-4H3,(H,17,18)/t10-,15-/m1/s1. The Morgan fingerprint density at radius 3 is 2.10 bits per heavy atom. The van der Waals surface area contributed by atoms with Crippen LogP contribution in [0.25, 0.3) is 0 Å². The predicted octanol–water partition coefficient (Wildman–Crippen LogP) is 1.91. The van der Waals surface area contributed by atoms with E-state index in [1.54, 1.807) is 52.0 Å². The zero-order valence-electron chi connectivity index (χ0n) is 12.2. The Kier molecular flexibility index (Phi) is 4.55. The number of esters is 1. The lowest BCUT2D eigenvalue weighted by Gasteiger charge is -2.32. The molecule has 5 nitrogen and oxygen atoms in total. The van der Waals surface area contributed by atoms with E-state index in [2.05, 4.69) is 0 Å². The van der Waals surface area contributed by atoms with Crippen molar-refractivity contribution in [2.45, 2.75) is 44.8 Å². The molecule has 0 radical (unpaired) electrons. The van der Waals surface area contributed by atoms with Crippen LogP contribution >= 0.6 is 0 Å². The molecular weight excluding hydrogens is 258 g/mol. The summed E-state index contributed by atoms with van der Waals surface area (Å²) in [6.45, 7) is 6.61. The second kappa shape index (κ2) is 5.63. The number of ether oxygens (including phenoxy) is 1. The highest BCUT2D eigenvalue weighted by Gasteiger charge is 2.50. The number of carbonyl (C=O) groups is 2. The highest BCUT2D eigenvalue weighted by atomic mass is 16.6. The minimum Gasteiger partial charge on any atom is -0.479 e. The number of hydrogen-bond acceptors (Lipinski definition) is 4. The van der Waals surface area contributed by atoms with E-state index in [-0.39, 0.29) is 0 Å². The summed E-state index contributed by atoms with van der Waals surface area (Å²) in [5, 5.41) is 9.41. The quantitative estimate of drug-likeness (QED) is 0.649. The molecule has 5 heteroatoms. The van der Waals surface area contributed by atoms with Gasteiger partial charge in [-0.15, -0.1) is 0 Å². The molecule has 1 rings (SSSR count). The number of benzene rings is 1. The molecule has 0 spiro atoms. The van der Waals surface area contributed by atoms with Gasteiger partial charge in [0.2, 0.25) is 5.54 Å². The van der Waals surface area contributed by atoms with E-state index in [0.717, 1.165) is 0 Å². The molecule has 0 unspecified atom stereocenters. The van der Waals surface area contributed by atoms with E-state index >= 15 is 0 Å². The van der Waals surface area contributed by atoms with E-state index in [4.69, 9.17) is 10.5 Å². The maximum absolute atomic E-state index is 12.2. The van der Waals surface area contributed by atoms with E-state index in [1.165, 1.54) is 0 Å². The summed E-state index contributed by atoms with van der Waals surface area (Å²) >= 11 is 0. The average Bonchev–Trinajstić information content (AvgIpc) is 2.35. The van der Waals surface area contributed by atoms with Gasteiger partial charge in [-0.2, -0.15) is 0 Å². The van der Waals surface area contributed by atoms with Crippen molar-refractivity contribution in [2.24, 2.45) is 5.73 Å². The van der Waals surface area contributed by atoms with Crippen molar-refractivity contribution in [1.82, 2.24) is 0 Å². The topological polar surface area (TPSA) is 89.6 Å². The van der Waals surface area contributed by atoms with E-state index in [1.807, 2.05) is 6.07 Å². The van der Waals surface area contributed by atoms with Gasteiger partial charge in [-0.1, -0.05) is 37.3 Å². The van der Waals surface area contributed by atoms with Gasteiger partial charge >= 0.3 is 11.9 Å². The van der Waals surface area contributed by atoms with Crippen LogP contribution in [0.5, 0.6) is 0 Å². The van der Waals surface area contributed by atoms with Gasteiger partial charge in [0, 0.05) is 5.92 Å². The van der Waals surface area contributed by atoms with Gasteiger partial charge in [-0.25, -0.2) is 9.59 Å². The maximum atomic E-state index is 12.2. The third-order valence-electron chi connectivity index (χ3n) is 3.07. The highest BCUT2D eigenvalue weighted by molar-refractivity contribution is 6.05. The molecular formula is C15H21NO4. The Labute approximate surface area is 118 Å². The summed E-state index contributed by atoms with van der Waals surface area (Å²) in [5.74, 6) is -3.05. The van der Waals surface area contributed by atoms with Gasteiger partial charge in [0.25, 0.3) is 0 Å². The largest absolute Gasteiger partial charge is 0.479 e. The molecule has 0 heterocycles.